The Morgan fingerprint density at radius 1 is 1.00 bits per heavy atom. The second kappa shape index (κ2) is 9.91. The van der Waals surface area contributed by atoms with E-state index in [-0.39, 0.29) is 5.82 Å². The molecule has 0 fully saturated rings. The molecule has 0 atom stereocenters. The molecule has 2 heterocycles. The number of aryl methyl sites for hydroxylation is 1. The molecule has 9 heteroatoms. The average Bonchev–Trinajstić information content (AvgIpc) is 3.42. The first kappa shape index (κ1) is 22.6. The maximum Gasteiger partial charge on any atom is 0.203 e. The van der Waals surface area contributed by atoms with Crippen molar-refractivity contribution in [1.82, 2.24) is 14.8 Å². The summed E-state index contributed by atoms with van der Waals surface area (Å²) in [6.45, 7) is 3.00. The fourth-order valence-corrected chi connectivity index (χ4v) is 4.45. The van der Waals surface area contributed by atoms with Crippen molar-refractivity contribution in [3.8, 4) is 27.8 Å². The Bertz CT molecular complexity index is 1230. The van der Waals surface area contributed by atoms with Crippen LogP contribution in [0.2, 0.25) is 0 Å². The molecule has 172 valence electrons. The van der Waals surface area contributed by atoms with Crippen LogP contribution in [0.15, 0.2) is 48.7 Å². The van der Waals surface area contributed by atoms with Crippen molar-refractivity contribution in [3.63, 3.8) is 0 Å². The molecule has 4 aromatic rings. The van der Waals surface area contributed by atoms with Crippen LogP contribution in [0, 0.1) is 12.7 Å². The number of rotatable bonds is 9. The maximum absolute atomic E-state index is 13.5. The van der Waals surface area contributed by atoms with Crippen molar-refractivity contribution in [2.45, 2.75) is 20.0 Å². The molecule has 0 amide bonds. The Morgan fingerprint density at radius 3 is 2.42 bits per heavy atom. The van der Waals surface area contributed by atoms with Gasteiger partial charge in [0.2, 0.25) is 5.75 Å². The van der Waals surface area contributed by atoms with E-state index in [2.05, 4.69) is 15.4 Å². The number of hydrogen-bond acceptors (Lipinski definition) is 7. The molecule has 0 spiro atoms. The third-order valence-electron chi connectivity index (χ3n) is 5.07. The van der Waals surface area contributed by atoms with Gasteiger partial charge in [-0.2, -0.15) is 5.10 Å². The highest BCUT2D eigenvalue weighted by Crippen LogP contribution is 2.38. The van der Waals surface area contributed by atoms with Gasteiger partial charge in [-0.15, -0.1) is 0 Å². The first-order valence-electron chi connectivity index (χ1n) is 10.3. The predicted octanol–water partition coefficient (Wildman–Crippen LogP) is 5.14. The Morgan fingerprint density at radius 2 is 1.76 bits per heavy atom. The summed E-state index contributed by atoms with van der Waals surface area (Å²) < 4.78 is 31.5. The molecule has 4 rings (SSSR count). The van der Waals surface area contributed by atoms with Gasteiger partial charge in [-0.25, -0.2) is 9.37 Å². The van der Waals surface area contributed by atoms with Crippen LogP contribution >= 0.6 is 11.3 Å². The minimum atomic E-state index is -0.249. The SMILES string of the molecule is COc1cc(CNc2nc(C)c(-c3ccn(Cc4cccc(F)c4)n3)s2)cc(OC)c1OC. The van der Waals surface area contributed by atoms with Crippen LogP contribution in [0.5, 0.6) is 17.2 Å². The number of nitrogens with zero attached hydrogens (tertiary/aromatic N) is 3. The van der Waals surface area contributed by atoms with Crippen molar-refractivity contribution < 1.29 is 18.6 Å². The second-order valence-electron chi connectivity index (χ2n) is 7.35. The lowest BCUT2D eigenvalue weighted by molar-refractivity contribution is 0.324. The molecule has 7 nitrogen and oxygen atoms in total. The first-order chi connectivity index (χ1) is 16.0. The minimum Gasteiger partial charge on any atom is -0.493 e. The third-order valence-corrected chi connectivity index (χ3v) is 6.21. The standard InChI is InChI=1S/C24H25FN4O3S/c1-15-23(19-8-9-29(28-19)14-16-6-5-7-18(25)10-16)33-24(27-15)26-13-17-11-20(30-2)22(32-4)21(12-17)31-3/h5-12H,13-14H2,1-4H3,(H,26,27). The molecule has 2 aromatic carbocycles. The molecular weight excluding hydrogens is 443 g/mol. The molecule has 0 bridgehead atoms. The van der Waals surface area contributed by atoms with E-state index in [0.717, 1.165) is 32.5 Å². The summed E-state index contributed by atoms with van der Waals surface area (Å²) in [4.78, 5) is 5.63. The number of hydrogen-bond donors (Lipinski definition) is 1. The lowest BCUT2D eigenvalue weighted by Gasteiger charge is -2.14. The molecule has 1 N–H and O–H groups in total. The maximum atomic E-state index is 13.5. The van der Waals surface area contributed by atoms with E-state index in [1.54, 1.807) is 32.1 Å². The van der Waals surface area contributed by atoms with E-state index >= 15 is 0 Å². The van der Waals surface area contributed by atoms with E-state index < -0.39 is 0 Å². The van der Waals surface area contributed by atoms with Crippen molar-refractivity contribution in [2.75, 3.05) is 26.6 Å². The topological polar surface area (TPSA) is 70.4 Å². The summed E-state index contributed by atoms with van der Waals surface area (Å²) in [6, 6.07) is 12.3. The highest BCUT2D eigenvalue weighted by Gasteiger charge is 2.15. The van der Waals surface area contributed by atoms with E-state index in [0.29, 0.717) is 30.3 Å². The van der Waals surface area contributed by atoms with Crippen LogP contribution in [-0.4, -0.2) is 36.1 Å². The van der Waals surface area contributed by atoms with Crippen molar-refractivity contribution >= 4 is 16.5 Å². The summed E-state index contributed by atoms with van der Waals surface area (Å²) in [7, 11) is 4.77. The second-order valence-corrected chi connectivity index (χ2v) is 8.35. The van der Waals surface area contributed by atoms with Crippen LogP contribution in [-0.2, 0) is 13.1 Å². The van der Waals surface area contributed by atoms with Gasteiger partial charge in [0.15, 0.2) is 16.6 Å². The monoisotopic (exact) mass is 468 g/mol. The van der Waals surface area contributed by atoms with Gasteiger partial charge < -0.3 is 19.5 Å². The van der Waals surface area contributed by atoms with Gasteiger partial charge in [0, 0.05) is 12.7 Å². The zero-order valence-electron chi connectivity index (χ0n) is 18.9. The fraction of sp³-hybridized carbons (Fsp3) is 0.250. The van der Waals surface area contributed by atoms with Gasteiger partial charge in [0.1, 0.15) is 11.5 Å². The summed E-state index contributed by atoms with van der Waals surface area (Å²) in [5.74, 6) is 1.52. The van der Waals surface area contributed by atoms with Crippen LogP contribution in [0.4, 0.5) is 9.52 Å². The molecule has 0 saturated heterocycles. The largest absolute Gasteiger partial charge is 0.493 e. The van der Waals surface area contributed by atoms with E-state index in [1.807, 2.05) is 37.4 Å². The van der Waals surface area contributed by atoms with Gasteiger partial charge >= 0.3 is 0 Å². The molecule has 33 heavy (non-hydrogen) atoms. The average molecular weight is 469 g/mol. The molecule has 0 aliphatic rings. The van der Waals surface area contributed by atoms with E-state index in [9.17, 15) is 4.39 Å². The van der Waals surface area contributed by atoms with E-state index in [1.165, 1.54) is 23.5 Å². The predicted molar refractivity (Wildman–Crippen MR) is 127 cm³/mol. The quantitative estimate of drug-likeness (QED) is 0.367. The molecule has 0 unspecified atom stereocenters. The van der Waals surface area contributed by atoms with Gasteiger partial charge in [0.25, 0.3) is 0 Å². The van der Waals surface area contributed by atoms with Crippen LogP contribution in [0.3, 0.4) is 0 Å². The molecular formula is C24H25FN4O3S. The zero-order valence-corrected chi connectivity index (χ0v) is 19.7. The number of nitrogens with one attached hydrogen (secondary N) is 1. The normalized spacial score (nSPS) is 10.8. The molecule has 0 aliphatic carbocycles. The Kier molecular flexibility index (Phi) is 6.79. The Hall–Kier alpha value is -3.59. The first-order valence-corrected chi connectivity index (χ1v) is 11.1. The lowest BCUT2D eigenvalue weighted by atomic mass is 10.2. The Labute approximate surface area is 195 Å². The van der Waals surface area contributed by atoms with Crippen molar-refractivity contribution in [3.05, 3.63) is 71.3 Å². The van der Waals surface area contributed by atoms with Crippen LogP contribution in [0.1, 0.15) is 16.8 Å². The number of aromatic nitrogens is 3. The number of thiazole rings is 1. The minimum absolute atomic E-state index is 0.249. The molecule has 0 radical (unpaired) electrons. The number of halogens is 1. The highest BCUT2D eigenvalue weighted by molar-refractivity contribution is 7.19. The van der Waals surface area contributed by atoms with Gasteiger partial charge in [-0.3, -0.25) is 4.68 Å². The van der Waals surface area contributed by atoms with Crippen molar-refractivity contribution in [2.24, 2.45) is 0 Å². The lowest BCUT2D eigenvalue weighted by Crippen LogP contribution is -2.02. The summed E-state index contributed by atoms with van der Waals surface area (Å²) in [5, 5.41) is 8.80. The van der Waals surface area contributed by atoms with Crippen LogP contribution < -0.4 is 19.5 Å². The third kappa shape index (κ3) is 5.09. The fourth-order valence-electron chi connectivity index (χ4n) is 3.52. The number of anilines is 1. The van der Waals surface area contributed by atoms with Gasteiger partial charge in [0.05, 0.1) is 38.4 Å². The molecule has 0 aliphatic heterocycles. The number of ether oxygens (including phenoxy) is 3. The molecule has 2 aromatic heterocycles. The summed E-state index contributed by atoms with van der Waals surface area (Å²) in [6.07, 6.45) is 1.89. The van der Waals surface area contributed by atoms with Gasteiger partial charge in [-0.05, 0) is 48.4 Å². The number of methoxy groups -OCH3 is 3. The van der Waals surface area contributed by atoms with E-state index in [4.69, 9.17) is 14.2 Å². The van der Waals surface area contributed by atoms with Crippen LogP contribution in [0.25, 0.3) is 10.6 Å². The zero-order chi connectivity index (χ0) is 23.4. The van der Waals surface area contributed by atoms with Gasteiger partial charge in [-0.1, -0.05) is 23.5 Å². The number of benzene rings is 2. The smallest absolute Gasteiger partial charge is 0.203 e. The highest BCUT2D eigenvalue weighted by atomic mass is 32.1. The summed E-state index contributed by atoms with van der Waals surface area (Å²) >= 11 is 1.54. The summed E-state index contributed by atoms with van der Waals surface area (Å²) in [5.41, 5.74) is 3.56. The van der Waals surface area contributed by atoms with Crippen molar-refractivity contribution in [1.29, 1.82) is 0 Å². The Balaban J connectivity index is 1.48. The molecule has 0 saturated carbocycles.